The van der Waals surface area contributed by atoms with Crippen molar-refractivity contribution in [2.24, 2.45) is 5.84 Å². The van der Waals surface area contributed by atoms with Crippen LogP contribution < -0.4 is 11.3 Å². The number of nitrogens with zero attached hydrogens (tertiary/aromatic N) is 2. The number of sulfonamides is 1. The van der Waals surface area contributed by atoms with E-state index < -0.39 is 10.0 Å². The Morgan fingerprint density at radius 2 is 2.37 bits per heavy atom. The standard InChI is InChI=1S/C10H15BrN4O3S/c1-7-6-15(2-3-18-7)19(16,17)9-4-8(11)5-13-10(9)14-12/h4-5,7H,2-3,6,12H2,1H3,(H,13,14). The molecule has 0 spiro atoms. The molecule has 0 aliphatic carbocycles. The normalized spacial score (nSPS) is 21.3. The molecule has 1 saturated heterocycles. The Kier molecular flexibility index (Phi) is 4.41. The van der Waals surface area contributed by atoms with E-state index in [1.165, 1.54) is 16.6 Å². The van der Waals surface area contributed by atoms with Gasteiger partial charge in [0.15, 0.2) is 5.82 Å². The first-order chi connectivity index (χ1) is 8.95. The largest absolute Gasteiger partial charge is 0.376 e. The summed E-state index contributed by atoms with van der Waals surface area (Å²) in [5.74, 6) is 5.45. The summed E-state index contributed by atoms with van der Waals surface area (Å²) >= 11 is 3.22. The minimum absolute atomic E-state index is 0.0541. The topological polar surface area (TPSA) is 97.6 Å². The molecule has 1 aliphatic rings. The van der Waals surface area contributed by atoms with Crippen molar-refractivity contribution in [2.45, 2.75) is 17.9 Å². The van der Waals surface area contributed by atoms with E-state index in [2.05, 4.69) is 26.3 Å². The molecule has 1 aromatic heterocycles. The van der Waals surface area contributed by atoms with Crippen molar-refractivity contribution >= 4 is 31.8 Å². The minimum atomic E-state index is -3.64. The van der Waals surface area contributed by atoms with E-state index in [0.717, 1.165) is 0 Å². The molecule has 9 heteroatoms. The van der Waals surface area contributed by atoms with E-state index in [1.807, 2.05) is 6.92 Å². The van der Waals surface area contributed by atoms with Crippen LogP contribution in [0, 0.1) is 0 Å². The van der Waals surface area contributed by atoms with Crippen LogP contribution in [0.2, 0.25) is 0 Å². The first kappa shape index (κ1) is 14.7. The summed E-state index contributed by atoms with van der Waals surface area (Å²) in [5.41, 5.74) is 2.31. The maximum absolute atomic E-state index is 12.6. The zero-order valence-electron chi connectivity index (χ0n) is 10.3. The van der Waals surface area contributed by atoms with Crippen molar-refractivity contribution in [2.75, 3.05) is 25.1 Å². The van der Waals surface area contributed by atoms with Crippen molar-refractivity contribution in [3.05, 3.63) is 16.7 Å². The maximum Gasteiger partial charge on any atom is 0.247 e. The number of nitrogen functional groups attached to an aromatic ring is 1. The van der Waals surface area contributed by atoms with Gasteiger partial charge in [0.05, 0.1) is 12.7 Å². The van der Waals surface area contributed by atoms with Gasteiger partial charge in [-0.2, -0.15) is 4.31 Å². The van der Waals surface area contributed by atoms with Gasteiger partial charge in [0, 0.05) is 23.8 Å². The number of hydrogen-bond acceptors (Lipinski definition) is 6. The number of nitrogens with two attached hydrogens (primary N) is 1. The van der Waals surface area contributed by atoms with Gasteiger partial charge in [-0.05, 0) is 28.9 Å². The number of pyridine rings is 1. The van der Waals surface area contributed by atoms with Gasteiger partial charge in [-0.15, -0.1) is 0 Å². The van der Waals surface area contributed by atoms with Gasteiger partial charge < -0.3 is 10.2 Å². The summed E-state index contributed by atoms with van der Waals surface area (Å²) in [6, 6.07) is 1.48. The minimum Gasteiger partial charge on any atom is -0.376 e. The summed E-state index contributed by atoms with van der Waals surface area (Å²) in [6.07, 6.45) is 1.36. The molecule has 0 amide bonds. The summed E-state index contributed by atoms with van der Waals surface area (Å²) in [4.78, 5) is 4.01. The average Bonchev–Trinajstić information content (AvgIpc) is 2.38. The highest BCUT2D eigenvalue weighted by Gasteiger charge is 2.31. The van der Waals surface area contributed by atoms with Crippen molar-refractivity contribution in [3.63, 3.8) is 0 Å². The second-order valence-electron chi connectivity index (χ2n) is 4.19. The average molecular weight is 351 g/mol. The van der Waals surface area contributed by atoms with E-state index in [1.54, 1.807) is 0 Å². The molecule has 19 heavy (non-hydrogen) atoms. The molecule has 1 aromatic rings. The number of hydrazine groups is 1. The molecular weight excluding hydrogens is 336 g/mol. The monoisotopic (exact) mass is 350 g/mol. The molecule has 3 N–H and O–H groups in total. The smallest absolute Gasteiger partial charge is 0.247 e. The second-order valence-corrected chi connectivity index (χ2v) is 7.01. The molecular formula is C10H15BrN4O3S. The van der Waals surface area contributed by atoms with Crippen LogP contribution in [0.3, 0.4) is 0 Å². The first-order valence-electron chi connectivity index (χ1n) is 5.69. The fourth-order valence-corrected chi connectivity index (χ4v) is 3.98. The van der Waals surface area contributed by atoms with Crippen LogP contribution in [0.4, 0.5) is 5.82 Å². The van der Waals surface area contributed by atoms with Gasteiger partial charge in [0.2, 0.25) is 10.0 Å². The highest BCUT2D eigenvalue weighted by Crippen LogP contribution is 2.26. The zero-order valence-corrected chi connectivity index (χ0v) is 12.7. The highest BCUT2D eigenvalue weighted by atomic mass is 79.9. The highest BCUT2D eigenvalue weighted by molar-refractivity contribution is 9.10. The maximum atomic E-state index is 12.6. The Morgan fingerprint density at radius 1 is 1.63 bits per heavy atom. The summed E-state index contributed by atoms with van der Waals surface area (Å²) in [6.45, 7) is 2.86. The van der Waals surface area contributed by atoms with Gasteiger partial charge in [0.1, 0.15) is 4.90 Å². The lowest BCUT2D eigenvalue weighted by molar-refractivity contribution is 0.0102. The van der Waals surface area contributed by atoms with Crippen LogP contribution in [0.15, 0.2) is 21.6 Å². The lowest BCUT2D eigenvalue weighted by atomic mass is 10.3. The quantitative estimate of drug-likeness (QED) is 0.609. The fourth-order valence-electron chi connectivity index (χ4n) is 1.87. The molecule has 1 unspecified atom stereocenters. The van der Waals surface area contributed by atoms with Crippen LogP contribution in [-0.2, 0) is 14.8 Å². The van der Waals surface area contributed by atoms with E-state index in [4.69, 9.17) is 10.6 Å². The number of anilines is 1. The number of morpholine rings is 1. The van der Waals surface area contributed by atoms with Gasteiger partial charge in [-0.3, -0.25) is 0 Å². The van der Waals surface area contributed by atoms with Crippen LogP contribution in [0.5, 0.6) is 0 Å². The molecule has 7 nitrogen and oxygen atoms in total. The van der Waals surface area contributed by atoms with Gasteiger partial charge in [-0.1, -0.05) is 0 Å². The lowest BCUT2D eigenvalue weighted by Gasteiger charge is -2.30. The Labute approximate surface area is 120 Å². The SMILES string of the molecule is CC1CN(S(=O)(=O)c2cc(Br)cnc2NN)CCO1. The van der Waals surface area contributed by atoms with Crippen molar-refractivity contribution in [1.29, 1.82) is 0 Å². The van der Waals surface area contributed by atoms with Crippen molar-refractivity contribution < 1.29 is 13.2 Å². The predicted molar refractivity (Wildman–Crippen MR) is 73.9 cm³/mol. The summed E-state index contributed by atoms with van der Waals surface area (Å²) in [7, 11) is -3.64. The third kappa shape index (κ3) is 3.06. The number of ether oxygens (including phenoxy) is 1. The van der Waals surface area contributed by atoms with Crippen LogP contribution >= 0.6 is 15.9 Å². The lowest BCUT2D eigenvalue weighted by Crippen LogP contribution is -2.44. The Hall–Kier alpha value is -0.740. The molecule has 1 atom stereocenters. The number of halogens is 1. The van der Waals surface area contributed by atoms with Crippen LogP contribution in [0.25, 0.3) is 0 Å². The van der Waals surface area contributed by atoms with Gasteiger partial charge >= 0.3 is 0 Å². The van der Waals surface area contributed by atoms with Crippen molar-refractivity contribution in [1.82, 2.24) is 9.29 Å². The number of aromatic nitrogens is 1. The number of hydrogen-bond donors (Lipinski definition) is 2. The van der Waals surface area contributed by atoms with Gasteiger partial charge in [0.25, 0.3) is 0 Å². The van der Waals surface area contributed by atoms with E-state index in [9.17, 15) is 8.42 Å². The van der Waals surface area contributed by atoms with E-state index >= 15 is 0 Å². The third-order valence-corrected chi connectivity index (χ3v) is 5.09. The first-order valence-corrected chi connectivity index (χ1v) is 7.92. The van der Waals surface area contributed by atoms with Crippen molar-refractivity contribution in [3.8, 4) is 0 Å². The summed E-state index contributed by atoms with van der Waals surface area (Å²) in [5, 5.41) is 0. The fraction of sp³-hybridized carbons (Fsp3) is 0.500. The third-order valence-electron chi connectivity index (χ3n) is 2.78. The number of rotatable bonds is 3. The molecule has 106 valence electrons. The predicted octanol–water partition coefficient (Wildman–Crippen LogP) is 0.539. The van der Waals surface area contributed by atoms with Crippen LogP contribution in [0.1, 0.15) is 6.92 Å². The van der Waals surface area contributed by atoms with Crippen LogP contribution in [-0.4, -0.2) is 43.5 Å². The molecule has 1 aliphatic heterocycles. The molecule has 2 rings (SSSR count). The molecule has 1 fully saturated rings. The molecule has 2 heterocycles. The zero-order chi connectivity index (χ0) is 14.0. The molecule has 0 bridgehead atoms. The Balaban J connectivity index is 2.41. The van der Waals surface area contributed by atoms with E-state index in [-0.39, 0.29) is 16.8 Å². The van der Waals surface area contributed by atoms with Gasteiger partial charge in [-0.25, -0.2) is 19.2 Å². The molecule has 0 aromatic carbocycles. The number of nitrogens with one attached hydrogen (secondary N) is 1. The second kappa shape index (κ2) is 5.71. The molecule has 0 saturated carbocycles. The van der Waals surface area contributed by atoms with E-state index in [0.29, 0.717) is 24.2 Å². The Bertz CT molecular complexity index is 566. The Morgan fingerprint density at radius 3 is 3.00 bits per heavy atom. The summed E-state index contributed by atoms with van der Waals surface area (Å²) < 4.78 is 32.5. The molecule has 0 radical (unpaired) electrons.